The summed E-state index contributed by atoms with van der Waals surface area (Å²) in [4.78, 5) is 29.7. The third kappa shape index (κ3) is 4.76. The van der Waals surface area contributed by atoms with Gasteiger partial charge in [-0.05, 0) is 47.5 Å². The van der Waals surface area contributed by atoms with Crippen LogP contribution in [0, 0.1) is 0 Å². The van der Waals surface area contributed by atoms with Crippen LogP contribution in [-0.2, 0) is 24.1 Å². The first kappa shape index (κ1) is 23.4. The van der Waals surface area contributed by atoms with E-state index in [9.17, 15) is 22.8 Å². The van der Waals surface area contributed by atoms with Gasteiger partial charge in [0.15, 0.2) is 5.78 Å². The van der Waals surface area contributed by atoms with Crippen LogP contribution in [-0.4, -0.2) is 26.5 Å². The number of amides is 1. The molecule has 0 saturated heterocycles. The first-order valence-corrected chi connectivity index (χ1v) is 11.1. The zero-order chi connectivity index (χ0) is 25.3. The van der Waals surface area contributed by atoms with Crippen LogP contribution in [0.3, 0.4) is 0 Å². The number of anilines is 1. The molecule has 5 rings (SSSR count). The van der Waals surface area contributed by atoms with Crippen LogP contribution in [0.25, 0.3) is 11.3 Å². The predicted octanol–water partition coefficient (Wildman–Crippen LogP) is 4.63. The second-order valence-electron chi connectivity index (χ2n) is 8.33. The molecular formula is C26H20F3N5O2. The lowest BCUT2D eigenvalue weighted by molar-refractivity contribution is -0.137. The Morgan fingerprint density at radius 1 is 1.08 bits per heavy atom. The number of Topliss-reactive ketones (excluding diaryl/α,β-unsaturated/α-hetero) is 1. The molecule has 0 bridgehead atoms. The van der Waals surface area contributed by atoms with E-state index in [0.717, 1.165) is 23.4 Å². The molecule has 36 heavy (non-hydrogen) atoms. The second kappa shape index (κ2) is 9.38. The van der Waals surface area contributed by atoms with Crippen molar-refractivity contribution in [3.8, 4) is 11.3 Å². The Bertz CT molecular complexity index is 1420. The highest BCUT2D eigenvalue weighted by molar-refractivity contribution is 6.08. The Hall–Kier alpha value is -4.31. The Kier molecular flexibility index (Phi) is 6.11. The maximum absolute atomic E-state index is 13.1. The average Bonchev–Trinajstić information content (AvgIpc) is 3.53. The van der Waals surface area contributed by atoms with E-state index in [1.54, 1.807) is 65.6 Å². The van der Waals surface area contributed by atoms with Crippen molar-refractivity contribution in [3.05, 3.63) is 102 Å². The number of nitrogens with one attached hydrogen (secondary N) is 2. The lowest BCUT2D eigenvalue weighted by atomic mass is 10.0. The summed E-state index contributed by atoms with van der Waals surface area (Å²) in [7, 11) is 0. The molecular weight excluding hydrogens is 471 g/mol. The summed E-state index contributed by atoms with van der Waals surface area (Å²) in [5.41, 5.74) is 2.36. The van der Waals surface area contributed by atoms with Gasteiger partial charge in [-0.25, -0.2) is 0 Å². The summed E-state index contributed by atoms with van der Waals surface area (Å²) >= 11 is 0. The Morgan fingerprint density at radius 2 is 1.92 bits per heavy atom. The van der Waals surface area contributed by atoms with Crippen LogP contribution in [0.2, 0.25) is 0 Å². The number of halogens is 3. The van der Waals surface area contributed by atoms with Crippen LogP contribution >= 0.6 is 0 Å². The van der Waals surface area contributed by atoms with Gasteiger partial charge < -0.3 is 5.32 Å². The molecule has 182 valence electrons. The maximum atomic E-state index is 13.1. The summed E-state index contributed by atoms with van der Waals surface area (Å²) in [6.07, 6.45) is -0.399. The molecule has 10 heteroatoms. The maximum Gasteiger partial charge on any atom is 0.417 e. The summed E-state index contributed by atoms with van der Waals surface area (Å²) in [5.74, 6) is -0.447. The van der Waals surface area contributed by atoms with Crippen molar-refractivity contribution >= 4 is 17.4 Å². The van der Waals surface area contributed by atoms with Gasteiger partial charge in [0.25, 0.3) is 5.91 Å². The summed E-state index contributed by atoms with van der Waals surface area (Å²) < 4.78 is 40.2. The Morgan fingerprint density at radius 3 is 2.64 bits per heavy atom. The Balaban J connectivity index is 1.33. The van der Waals surface area contributed by atoms with Gasteiger partial charge in [0.05, 0.1) is 17.3 Å². The summed E-state index contributed by atoms with van der Waals surface area (Å²) in [5, 5.41) is 10.1. The highest BCUT2D eigenvalue weighted by Crippen LogP contribution is 2.32. The third-order valence-corrected chi connectivity index (χ3v) is 5.95. The largest absolute Gasteiger partial charge is 0.417 e. The van der Waals surface area contributed by atoms with Crippen molar-refractivity contribution in [1.82, 2.24) is 20.1 Å². The minimum absolute atomic E-state index is 0.0211. The molecule has 3 heterocycles. The fourth-order valence-electron chi connectivity index (χ4n) is 4.20. The summed E-state index contributed by atoms with van der Waals surface area (Å²) in [6.45, 7) is 0.623. The van der Waals surface area contributed by atoms with Crippen LogP contribution in [0.5, 0.6) is 0 Å². The number of rotatable bonds is 6. The first-order chi connectivity index (χ1) is 17.3. The third-order valence-electron chi connectivity index (χ3n) is 5.95. The van der Waals surface area contributed by atoms with Crippen molar-refractivity contribution in [3.63, 3.8) is 0 Å². The van der Waals surface area contributed by atoms with Gasteiger partial charge in [0.2, 0.25) is 0 Å². The molecule has 0 fully saturated rings. The number of hydrogen-bond donors (Lipinski definition) is 2. The molecule has 7 nitrogen and oxygen atoms in total. The SMILES string of the molecule is O=C(Nc1ccc2c(c1)CNC2C(=O)Cn1cccn1)c1ccccc1-c1ccc(C(F)(F)F)cn1. The van der Waals surface area contributed by atoms with Gasteiger partial charge in [-0.15, -0.1) is 0 Å². The van der Waals surface area contributed by atoms with Crippen LogP contribution in [0.1, 0.15) is 33.1 Å². The predicted molar refractivity (Wildman–Crippen MR) is 126 cm³/mol. The smallest absolute Gasteiger partial charge is 0.322 e. The number of carbonyl (C=O) groups is 2. The minimum atomic E-state index is -4.49. The minimum Gasteiger partial charge on any atom is -0.322 e. The number of hydrogen-bond acceptors (Lipinski definition) is 5. The molecule has 1 atom stereocenters. The van der Waals surface area contributed by atoms with Gasteiger partial charge in [-0.1, -0.05) is 24.3 Å². The van der Waals surface area contributed by atoms with E-state index >= 15 is 0 Å². The average molecular weight is 491 g/mol. The highest BCUT2D eigenvalue weighted by Gasteiger charge is 2.31. The van der Waals surface area contributed by atoms with Crippen LogP contribution in [0.15, 0.2) is 79.3 Å². The lowest BCUT2D eigenvalue weighted by Crippen LogP contribution is -2.25. The zero-order valence-corrected chi connectivity index (χ0v) is 18.8. The quantitative estimate of drug-likeness (QED) is 0.411. The number of ketones is 1. The van der Waals surface area contributed by atoms with Crippen molar-refractivity contribution in [1.29, 1.82) is 0 Å². The molecule has 0 radical (unpaired) electrons. The normalized spacial score (nSPS) is 14.9. The van der Waals surface area contributed by atoms with E-state index in [0.29, 0.717) is 17.8 Å². The standard InChI is InChI=1S/C26H20F3N5O2/c27-26(28,29)17-6-9-22(30-14-17)20-4-1-2-5-21(20)25(36)33-18-7-8-19-16(12-18)13-31-24(19)23(35)15-34-11-3-10-32-34/h1-12,14,24,31H,13,15H2,(H,33,36). The zero-order valence-electron chi connectivity index (χ0n) is 18.8. The molecule has 2 N–H and O–H groups in total. The van der Waals surface area contributed by atoms with E-state index < -0.39 is 23.7 Å². The fourth-order valence-corrected chi connectivity index (χ4v) is 4.20. The highest BCUT2D eigenvalue weighted by atomic mass is 19.4. The molecule has 0 saturated carbocycles. The molecule has 1 aliphatic rings. The van der Waals surface area contributed by atoms with Crippen LogP contribution in [0.4, 0.5) is 18.9 Å². The number of nitrogens with zero attached hydrogens (tertiary/aromatic N) is 3. The topological polar surface area (TPSA) is 88.9 Å². The lowest BCUT2D eigenvalue weighted by Gasteiger charge is -2.13. The fraction of sp³-hybridized carbons (Fsp3) is 0.154. The van der Waals surface area contributed by atoms with Crippen molar-refractivity contribution in [2.24, 2.45) is 0 Å². The van der Waals surface area contributed by atoms with Crippen molar-refractivity contribution in [2.75, 3.05) is 5.32 Å². The molecule has 2 aromatic carbocycles. The molecule has 4 aromatic rings. The van der Waals surface area contributed by atoms with E-state index in [-0.39, 0.29) is 23.6 Å². The van der Waals surface area contributed by atoms with E-state index in [2.05, 4.69) is 20.7 Å². The second-order valence-corrected chi connectivity index (χ2v) is 8.33. The number of aromatic nitrogens is 3. The van der Waals surface area contributed by atoms with Gasteiger partial charge in [0.1, 0.15) is 6.54 Å². The monoisotopic (exact) mass is 491 g/mol. The van der Waals surface area contributed by atoms with Crippen LogP contribution < -0.4 is 10.6 Å². The van der Waals surface area contributed by atoms with E-state index in [1.807, 2.05) is 0 Å². The number of fused-ring (bicyclic) bond motifs is 1. The number of carbonyl (C=O) groups excluding carboxylic acids is 2. The number of benzene rings is 2. The number of pyridine rings is 1. The van der Waals surface area contributed by atoms with Gasteiger partial charge in [-0.2, -0.15) is 18.3 Å². The van der Waals surface area contributed by atoms with Crippen molar-refractivity contribution in [2.45, 2.75) is 25.3 Å². The molecule has 0 aliphatic carbocycles. The van der Waals surface area contributed by atoms with Gasteiger partial charge in [-0.3, -0.25) is 24.6 Å². The molecule has 1 amide bonds. The molecule has 1 unspecified atom stereocenters. The number of alkyl halides is 3. The molecule has 0 spiro atoms. The summed E-state index contributed by atoms with van der Waals surface area (Å²) in [6, 6.07) is 15.4. The Labute approximate surface area is 204 Å². The first-order valence-electron chi connectivity index (χ1n) is 11.1. The van der Waals surface area contributed by atoms with Crippen molar-refractivity contribution < 1.29 is 22.8 Å². The molecule has 2 aromatic heterocycles. The van der Waals surface area contributed by atoms with E-state index in [4.69, 9.17) is 0 Å². The van der Waals surface area contributed by atoms with Gasteiger partial charge >= 0.3 is 6.18 Å². The molecule has 1 aliphatic heterocycles. The van der Waals surface area contributed by atoms with Gasteiger partial charge in [0, 0.05) is 41.9 Å². The van der Waals surface area contributed by atoms with E-state index in [1.165, 1.54) is 6.07 Å².